The van der Waals surface area contributed by atoms with Crippen LogP contribution in [0.2, 0.25) is 0 Å². The van der Waals surface area contributed by atoms with Crippen LogP contribution in [-0.4, -0.2) is 54.0 Å². The zero-order chi connectivity index (χ0) is 23.6. The van der Waals surface area contributed by atoms with Gasteiger partial charge in [-0.3, -0.25) is 9.59 Å². The summed E-state index contributed by atoms with van der Waals surface area (Å²) in [5, 5.41) is 14.3. The van der Waals surface area contributed by atoms with Crippen molar-refractivity contribution in [1.29, 1.82) is 0 Å². The summed E-state index contributed by atoms with van der Waals surface area (Å²) in [5.74, 6) is -1.30. The van der Waals surface area contributed by atoms with E-state index in [4.69, 9.17) is 20.3 Å². The summed E-state index contributed by atoms with van der Waals surface area (Å²) >= 11 is 0. The fourth-order valence-electron chi connectivity index (χ4n) is 2.60. The highest BCUT2D eigenvalue weighted by molar-refractivity contribution is 5.86. The summed E-state index contributed by atoms with van der Waals surface area (Å²) in [6.07, 6.45) is -0.559. The lowest BCUT2D eigenvalue weighted by Gasteiger charge is -2.27. The van der Waals surface area contributed by atoms with E-state index in [-0.39, 0.29) is 43.9 Å². The molecule has 9 nitrogen and oxygen atoms in total. The number of amides is 2. The zero-order valence-electron chi connectivity index (χ0n) is 18.9. The Labute approximate surface area is 183 Å². The topological polar surface area (TPSA) is 140 Å². The van der Waals surface area contributed by atoms with Crippen molar-refractivity contribution in [2.75, 3.05) is 18.9 Å². The molecule has 2 atom stereocenters. The lowest BCUT2D eigenvalue weighted by Crippen LogP contribution is -2.53. The maximum absolute atomic E-state index is 13.0. The van der Waals surface area contributed by atoms with Crippen LogP contribution in [0.4, 0.5) is 10.5 Å². The SMILES string of the molecule is CC(C)[C@@H](COCCC(=O)O)NC(=O)[C@@H](Cc1ccc(N)cc1)NC(=O)OC(C)(C)C. The van der Waals surface area contributed by atoms with E-state index in [9.17, 15) is 14.4 Å². The predicted octanol–water partition coefficient (Wildman–Crippen LogP) is 2.34. The number of ether oxygens (including phenoxy) is 2. The van der Waals surface area contributed by atoms with Crippen molar-refractivity contribution in [2.45, 2.75) is 65.1 Å². The number of carbonyl (C=O) groups is 3. The Bertz CT molecular complexity index is 728. The Balaban J connectivity index is 2.87. The van der Waals surface area contributed by atoms with Crippen LogP contribution in [0, 0.1) is 5.92 Å². The van der Waals surface area contributed by atoms with Crippen LogP contribution in [0.25, 0.3) is 0 Å². The van der Waals surface area contributed by atoms with Gasteiger partial charge in [0.1, 0.15) is 11.6 Å². The number of hydrogen-bond acceptors (Lipinski definition) is 6. The minimum atomic E-state index is -0.949. The molecule has 2 amide bonds. The van der Waals surface area contributed by atoms with Crippen molar-refractivity contribution in [1.82, 2.24) is 10.6 Å². The van der Waals surface area contributed by atoms with E-state index < -0.39 is 23.7 Å². The van der Waals surface area contributed by atoms with Crippen LogP contribution in [0.5, 0.6) is 0 Å². The van der Waals surface area contributed by atoms with Gasteiger partial charge >= 0.3 is 12.1 Å². The summed E-state index contributed by atoms with van der Waals surface area (Å²) < 4.78 is 10.7. The van der Waals surface area contributed by atoms with E-state index in [0.29, 0.717) is 5.69 Å². The average Bonchev–Trinajstić information content (AvgIpc) is 2.63. The van der Waals surface area contributed by atoms with Crippen LogP contribution < -0.4 is 16.4 Å². The van der Waals surface area contributed by atoms with Gasteiger partial charge in [-0.25, -0.2) is 4.79 Å². The summed E-state index contributed by atoms with van der Waals surface area (Å²) in [4.78, 5) is 35.9. The van der Waals surface area contributed by atoms with Gasteiger partial charge in [0.2, 0.25) is 5.91 Å². The van der Waals surface area contributed by atoms with Gasteiger partial charge in [-0.15, -0.1) is 0 Å². The number of carboxylic acids is 1. The molecule has 1 aromatic carbocycles. The number of carbonyl (C=O) groups excluding carboxylic acids is 2. The zero-order valence-corrected chi connectivity index (χ0v) is 18.9. The van der Waals surface area contributed by atoms with Crippen molar-refractivity contribution in [2.24, 2.45) is 5.92 Å². The fraction of sp³-hybridized carbons (Fsp3) is 0.591. The highest BCUT2D eigenvalue weighted by atomic mass is 16.6. The minimum Gasteiger partial charge on any atom is -0.481 e. The maximum atomic E-state index is 13.0. The second-order valence-corrected chi connectivity index (χ2v) is 8.72. The molecule has 0 radical (unpaired) electrons. The number of hydrogen-bond donors (Lipinski definition) is 4. The number of benzene rings is 1. The molecule has 0 heterocycles. The molecule has 0 saturated heterocycles. The van der Waals surface area contributed by atoms with Crippen molar-refractivity contribution >= 4 is 23.7 Å². The van der Waals surface area contributed by atoms with Crippen LogP contribution in [-0.2, 0) is 25.5 Å². The molecule has 0 aliphatic rings. The van der Waals surface area contributed by atoms with Crippen LogP contribution >= 0.6 is 0 Å². The number of alkyl carbamates (subject to hydrolysis) is 1. The molecule has 0 bridgehead atoms. The molecule has 0 aliphatic heterocycles. The molecule has 0 unspecified atom stereocenters. The number of rotatable bonds is 11. The number of anilines is 1. The molecule has 31 heavy (non-hydrogen) atoms. The normalized spacial score (nSPS) is 13.4. The predicted molar refractivity (Wildman–Crippen MR) is 118 cm³/mol. The molecule has 174 valence electrons. The molecule has 5 N–H and O–H groups in total. The lowest BCUT2D eigenvalue weighted by atomic mass is 10.0. The Kier molecular flexibility index (Phi) is 10.3. The second kappa shape index (κ2) is 12.1. The molecule has 0 spiro atoms. The summed E-state index contributed by atoms with van der Waals surface area (Å²) in [7, 11) is 0. The van der Waals surface area contributed by atoms with E-state index in [1.807, 2.05) is 13.8 Å². The van der Waals surface area contributed by atoms with Gasteiger partial charge in [0.25, 0.3) is 0 Å². The molecule has 0 aliphatic carbocycles. The minimum absolute atomic E-state index is 0.0347. The summed E-state index contributed by atoms with van der Waals surface area (Å²) in [6, 6.07) is 5.81. The molecular weight excluding hydrogens is 402 g/mol. The van der Waals surface area contributed by atoms with E-state index in [2.05, 4.69) is 10.6 Å². The van der Waals surface area contributed by atoms with Crippen LogP contribution in [0.3, 0.4) is 0 Å². The van der Waals surface area contributed by atoms with Crippen LogP contribution in [0.1, 0.15) is 46.6 Å². The Hall–Kier alpha value is -2.81. The molecule has 1 aromatic rings. The first-order chi connectivity index (χ1) is 14.4. The first-order valence-corrected chi connectivity index (χ1v) is 10.3. The lowest BCUT2D eigenvalue weighted by molar-refractivity contribution is -0.138. The number of nitrogens with two attached hydrogens (primary N) is 1. The first-order valence-electron chi connectivity index (χ1n) is 10.3. The Morgan fingerprint density at radius 1 is 1.10 bits per heavy atom. The van der Waals surface area contributed by atoms with Crippen molar-refractivity contribution in [3.8, 4) is 0 Å². The van der Waals surface area contributed by atoms with Gasteiger partial charge in [0.15, 0.2) is 0 Å². The Morgan fingerprint density at radius 2 is 1.71 bits per heavy atom. The summed E-state index contributed by atoms with van der Waals surface area (Å²) in [5.41, 5.74) is 6.44. The van der Waals surface area contributed by atoms with Gasteiger partial charge in [-0.05, 0) is 44.4 Å². The molecule has 0 fully saturated rings. The van der Waals surface area contributed by atoms with Crippen molar-refractivity contribution in [3.05, 3.63) is 29.8 Å². The average molecular weight is 438 g/mol. The van der Waals surface area contributed by atoms with E-state index >= 15 is 0 Å². The van der Waals surface area contributed by atoms with Gasteiger partial charge in [-0.2, -0.15) is 0 Å². The summed E-state index contributed by atoms with van der Waals surface area (Å²) in [6.45, 7) is 9.28. The van der Waals surface area contributed by atoms with Crippen LogP contribution in [0.15, 0.2) is 24.3 Å². The van der Waals surface area contributed by atoms with E-state index in [1.165, 1.54) is 0 Å². The largest absolute Gasteiger partial charge is 0.481 e. The Morgan fingerprint density at radius 3 is 2.23 bits per heavy atom. The van der Waals surface area contributed by atoms with Crippen molar-refractivity contribution in [3.63, 3.8) is 0 Å². The third-order valence-corrected chi connectivity index (χ3v) is 4.32. The molecule has 0 saturated carbocycles. The smallest absolute Gasteiger partial charge is 0.408 e. The highest BCUT2D eigenvalue weighted by Gasteiger charge is 2.27. The number of aliphatic carboxylic acids is 1. The number of nitrogens with one attached hydrogen (secondary N) is 2. The van der Waals surface area contributed by atoms with Gasteiger partial charge in [0.05, 0.1) is 25.7 Å². The monoisotopic (exact) mass is 437 g/mol. The molecule has 1 rings (SSSR count). The van der Waals surface area contributed by atoms with Gasteiger partial charge in [0, 0.05) is 12.1 Å². The first kappa shape index (κ1) is 26.2. The number of carboxylic acid groups (broad SMARTS) is 1. The molecule has 0 aromatic heterocycles. The maximum Gasteiger partial charge on any atom is 0.408 e. The van der Waals surface area contributed by atoms with E-state index in [1.54, 1.807) is 45.0 Å². The number of nitrogen functional groups attached to an aromatic ring is 1. The third kappa shape index (κ3) is 11.2. The van der Waals surface area contributed by atoms with Gasteiger partial charge in [-0.1, -0.05) is 26.0 Å². The third-order valence-electron chi connectivity index (χ3n) is 4.32. The highest BCUT2D eigenvalue weighted by Crippen LogP contribution is 2.11. The molecule has 9 heteroatoms. The van der Waals surface area contributed by atoms with Crippen molar-refractivity contribution < 1.29 is 29.0 Å². The second-order valence-electron chi connectivity index (χ2n) is 8.72. The van der Waals surface area contributed by atoms with Gasteiger partial charge < -0.3 is 30.9 Å². The quantitative estimate of drug-likeness (QED) is 0.308. The van der Waals surface area contributed by atoms with E-state index in [0.717, 1.165) is 5.56 Å². The fourth-order valence-corrected chi connectivity index (χ4v) is 2.60. The molecular formula is C22H35N3O6. The standard InChI is InChI=1S/C22H35N3O6/c1-14(2)18(13-30-11-10-19(26)27)24-20(28)17(25-21(29)31-22(3,4)5)12-15-6-8-16(23)9-7-15/h6-9,14,17-18H,10-13,23H2,1-5H3,(H,24,28)(H,25,29)(H,26,27)/t17-,18-/m1/s1.